The van der Waals surface area contributed by atoms with E-state index >= 15 is 0 Å². The highest BCUT2D eigenvalue weighted by molar-refractivity contribution is 5.99. The number of furan rings is 1. The number of hydrogen-bond donors (Lipinski definition) is 6. The summed E-state index contributed by atoms with van der Waals surface area (Å²) in [7, 11) is 0. The highest BCUT2D eigenvalue weighted by atomic mass is 16.7. The summed E-state index contributed by atoms with van der Waals surface area (Å²) in [4.78, 5) is 11.8. The van der Waals surface area contributed by atoms with E-state index in [-0.39, 0.29) is 23.5 Å². The van der Waals surface area contributed by atoms with E-state index in [9.17, 15) is 35.4 Å². The molecule has 2 saturated heterocycles. The zero-order valence-electron chi connectivity index (χ0n) is 18.1. The molecule has 0 bridgehead atoms. The monoisotopic (exact) mass is 496 g/mol. The average Bonchev–Trinajstić information content (AvgIpc) is 3.43. The van der Waals surface area contributed by atoms with E-state index in [0.29, 0.717) is 10.8 Å². The Morgan fingerprint density at radius 1 is 1.00 bits per heavy atom. The Labute approximate surface area is 196 Å². The minimum Gasteiger partial charge on any atom is -0.460 e. The molecular formula is C22H24O13. The fraction of sp³-hybridized carbons (Fsp3) is 0.500. The Hall–Kier alpha value is -2.59. The maximum absolute atomic E-state index is 11.8. The highest BCUT2D eigenvalue weighted by Gasteiger charge is 2.50. The standard InChI is InChI=1S/C22H24O13/c23-7-22(29)8-32-21(19(22)28)31-6-11-13(25)14(26)15(27)20(33-11)35-18-16-10(3-4-30-16)5-9-1-2-12(24)34-17(9)18/h1-5,11,13-15,19-21,23,25-29H,6-8H2/t11-,13-,14+,15-,19-,20+,21+,22+/m1/s1. The highest BCUT2D eigenvalue weighted by Crippen LogP contribution is 2.37. The number of aliphatic hydroxyl groups excluding tert-OH is 5. The fourth-order valence-corrected chi connectivity index (χ4v) is 4.11. The number of ether oxygens (including phenoxy) is 4. The Morgan fingerprint density at radius 2 is 1.77 bits per heavy atom. The average molecular weight is 496 g/mol. The van der Waals surface area contributed by atoms with Crippen LogP contribution in [0.3, 0.4) is 0 Å². The Balaban J connectivity index is 1.38. The van der Waals surface area contributed by atoms with Gasteiger partial charge in [-0.3, -0.25) is 0 Å². The molecule has 4 heterocycles. The van der Waals surface area contributed by atoms with Crippen LogP contribution in [0.25, 0.3) is 21.9 Å². The normalized spacial score (nSPS) is 35.7. The number of hydrogen-bond acceptors (Lipinski definition) is 13. The van der Waals surface area contributed by atoms with Gasteiger partial charge >= 0.3 is 5.63 Å². The SMILES string of the molecule is O=c1ccc2cc3ccoc3c(O[C@@H]3O[C@H](CO[C@H]4OC[C@@](O)(CO)[C@@H]4O)[C@@H](O)[C@H](O)[C@H]3O)c2o1. The molecule has 8 atom stereocenters. The van der Waals surface area contributed by atoms with Crippen LogP contribution in [-0.2, 0) is 14.2 Å². The van der Waals surface area contributed by atoms with Crippen LogP contribution in [0, 0.1) is 0 Å². The van der Waals surface area contributed by atoms with Gasteiger partial charge in [0.05, 0.1) is 26.1 Å². The maximum Gasteiger partial charge on any atom is 0.336 e. The third-order valence-electron chi connectivity index (χ3n) is 6.19. The first-order valence-corrected chi connectivity index (χ1v) is 10.8. The molecule has 3 aromatic rings. The lowest BCUT2D eigenvalue weighted by atomic mass is 9.99. The van der Waals surface area contributed by atoms with Crippen molar-refractivity contribution in [3.63, 3.8) is 0 Å². The molecular weight excluding hydrogens is 472 g/mol. The molecule has 0 saturated carbocycles. The molecule has 13 nitrogen and oxygen atoms in total. The maximum atomic E-state index is 11.8. The van der Waals surface area contributed by atoms with Gasteiger partial charge in [-0.15, -0.1) is 0 Å². The molecule has 0 amide bonds. The summed E-state index contributed by atoms with van der Waals surface area (Å²) in [5.74, 6) is -0.0601. The van der Waals surface area contributed by atoms with E-state index in [1.165, 1.54) is 18.4 Å². The van der Waals surface area contributed by atoms with E-state index in [1.54, 1.807) is 12.1 Å². The third-order valence-corrected chi connectivity index (χ3v) is 6.19. The van der Waals surface area contributed by atoms with Crippen molar-refractivity contribution >= 4 is 21.9 Å². The largest absolute Gasteiger partial charge is 0.460 e. The number of aliphatic hydroxyl groups is 6. The van der Waals surface area contributed by atoms with Gasteiger partial charge in [-0.2, -0.15) is 0 Å². The van der Waals surface area contributed by atoms with Crippen LogP contribution in [0.15, 0.2) is 44.2 Å². The molecule has 13 heteroatoms. The predicted octanol–water partition coefficient (Wildman–Crippen LogP) is -1.82. The zero-order valence-corrected chi connectivity index (χ0v) is 18.1. The molecule has 0 unspecified atom stereocenters. The summed E-state index contributed by atoms with van der Waals surface area (Å²) < 4.78 is 32.7. The summed E-state index contributed by atoms with van der Waals surface area (Å²) >= 11 is 0. The van der Waals surface area contributed by atoms with Crippen molar-refractivity contribution in [1.29, 1.82) is 0 Å². The second kappa shape index (κ2) is 9.13. The van der Waals surface area contributed by atoms with Gasteiger partial charge in [0.1, 0.15) is 36.1 Å². The van der Waals surface area contributed by atoms with Crippen LogP contribution in [0.2, 0.25) is 0 Å². The molecule has 2 aromatic heterocycles. The van der Waals surface area contributed by atoms with Crippen molar-refractivity contribution < 1.29 is 58.4 Å². The van der Waals surface area contributed by atoms with Crippen molar-refractivity contribution in [1.82, 2.24) is 0 Å². The van der Waals surface area contributed by atoms with Crippen LogP contribution in [0.5, 0.6) is 5.75 Å². The van der Waals surface area contributed by atoms with Gasteiger partial charge in [0.2, 0.25) is 12.0 Å². The second-order valence-corrected chi connectivity index (χ2v) is 8.57. The number of benzene rings is 1. The summed E-state index contributed by atoms with van der Waals surface area (Å²) in [6.07, 6.45) is -9.42. The van der Waals surface area contributed by atoms with E-state index in [4.69, 9.17) is 27.8 Å². The van der Waals surface area contributed by atoms with Crippen molar-refractivity contribution in [2.45, 2.75) is 48.7 Å². The minimum atomic E-state index is -1.91. The van der Waals surface area contributed by atoms with Gasteiger partial charge in [-0.25, -0.2) is 4.79 Å². The number of fused-ring (bicyclic) bond motifs is 2. The first-order valence-electron chi connectivity index (χ1n) is 10.8. The Bertz CT molecular complexity index is 1250. The Morgan fingerprint density at radius 3 is 2.51 bits per heavy atom. The molecule has 2 aliphatic heterocycles. The smallest absolute Gasteiger partial charge is 0.336 e. The van der Waals surface area contributed by atoms with E-state index < -0.39 is 67.5 Å². The third kappa shape index (κ3) is 4.20. The topological polar surface area (TPSA) is 202 Å². The van der Waals surface area contributed by atoms with Crippen LogP contribution in [-0.4, -0.2) is 99.2 Å². The molecule has 35 heavy (non-hydrogen) atoms. The molecule has 1 aromatic carbocycles. The quantitative estimate of drug-likeness (QED) is 0.209. The number of rotatable bonds is 6. The molecule has 5 rings (SSSR count). The minimum absolute atomic E-state index is 0.0231. The summed E-state index contributed by atoms with van der Waals surface area (Å²) in [6.45, 7) is -1.60. The molecule has 6 N–H and O–H groups in total. The molecule has 0 radical (unpaired) electrons. The first kappa shape index (κ1) is 24.1. The molecule has 2 fully saturated rings. The Kier molecular flexibility index (Phi) is 6.29. The lowest BCUT2D eigenvalue weighted by molar-refractivity contribution is -0.289. The van der Waals surface area contributed by atoms with Gasteiger partial charge in [-0.05, 0) is 18.2 Å². The van der Waals surface area contributed by atoms with Crippen LogP contribution in [0.1, 0.15) is 0 Å². The zero-order chi connectivity index (χ0) is 24.9. The van der Waals surface area contributed by atoms with E-state index in [0.717, 1.165) is 0 Å². The van der Waals surface area contributed by atoms with Gasteiger partial charge < -0.3 is 58.4 Å². The van der Waals surface area contributed by atoms with Gasteiger partial charge in [0.15, 0.2) is 17.5 Å². The van der Waals surface area contributed by atoms with Crippen molar-refractivity contribution in [2.75, 3.05) is 19.8 Å². The van der Waals surface area contributed by atoms with E-state index in [1.807, 2.05) is 0 Å². The van der Waals surface area contributed by atoms with Crippen LogP contribution in [0.4, 0.5) is 0 Å². The van der Waals surface area contributed by atoms with E-state index in [2.05, 4.69) is 0 Å². The predicted molar refractivity (Wildman–Crippen MR) is 113 cm³/mol. The molecule has 0 aliphatic carbocycles. The molecule has 0 spiro atoms. The van der Waals surface area contributed by atoms with Crippen LogP contribution >= 0.6 is 0 Å². The van der Waals surface area contributed by atoms with Crippen LogP contribution < -0.4 is 10.4 Å². The molecule has 190 valence electrons. The lowest BCUT2D eigenvalue weighted by Crippen LogP contribution is -2.60. The first-order chi connectivity index (χ1) is 16.7. The van der Waals surface area contributed by atoms with Gasteiger partial charge in [0, 0.05) is 16.8 Å². The summed E-state index contributed by atoms with van der Waals surface area (Å²) in [6, 6.07) is 6.11. The second-order valence-electron chi connectivity index (χ2n) is 8.57. The van der Waals surface area contributed by atoms with Crippen molar-refractivity contribution in [3.8, 4) is 5.75 Å². The van der Waals surface area contributed by atoms with Crippen molar-refractivity contribution in [2.24, 2.45) is 0 Å². The summed E-state index contributed by atoms with van der Waals surface area (Å²) in [5.41, 5.74) is -2.35. The lowest BCUT2D eigenvalue weighted by Gasteiger charge is -2.40. The fourth-order valence-electron chi connectivity index (χ4n) is 4.11. The summed E-state index contributed by atoms with van der Waals surface area (Å²) in [5, 5.41) is 61.8. The van der Waals surface area contributed by atoms with Gasteiger partial charge in [-0.1, -0.05) is 0 Å². The van der Waals surface area contributed by atoms with Crippen molar-refractivity contribution in [3.05, 3.63) is 40.9 Å². The van der Waals surface area contributed by atoms with Gasteiger partial charge in [0.25, 0.3) is 0 Å². The molecule has 2 aliphatic rings.